The van der Waals surface area contributed by atoms with Crippen LogP contribution in [-0.2, 0) is 4.79 Å². The number of nitrogens with one attached hydrogen (secondary N) is 1. The Morgan fingerprint density at radius 3 is 2.82 bits per heavy atom. The number of carbonyl (C=O) groups is 1. The third kappa shape index (κ3) is 3.80. The minimum atomic E-state index is -0.297. The summed E-state index contributed by atoms with van der Waals surface area (Å²) in [7, 11) is 3.37. The summed E-state index contributed by atoms with van der Waals surface area (Å²) in [4.78, 5) is 13.1. The number of hydrogen-bond acceptors (Lipinski definition) is 3. The highest BCUT2D eigenvalue weighted by atomic mass is 19.1. The van der Waals surface area contributed by atoms with Gasteiger partial charge in [0.15, 0.2) is 0 Å². The predicted octanol–water partition coefficient (Wildman–Crippen LogP) is 0.503. The van der Waals surface area contributed by atoms with Gasteiger partial charge in [-0.05, 0) is 24.7 Å². The summed E-state index contributed by atoms with van der Waals surface area (Å²) in [6.07, 6.45) is 0. The van der Waals surface area contributed by atoms with Crippen LogP contribution in [0.4, 0.5) is 4.39 Å². The molecular weight excluding hydrogens is 221 g/mol. The molecule has 0 bridgehead atoms. The number of carbonyl (C=O) groups excluding carboxylic acids is 1. The first-order valence-electron chi connectivity index (χ1n) is 5.44. The zero-order chi connectivity index (χ0) is 12.8. The lowest BCUT2D eigenvalue weighted by atomic mass is 10.1. The number of benzene rings is 1. The van der Waals surface area contributed by atoms with Crippen LogP contribution in [-0.4, -0.2) is 38.0 Å². The molecule has 1 rings (SSSR count). The number of hydrogen-bond donors (Lipinski definition) is 2. The van der Waals surface area contributed by atoms with E-state index < -0.39 is 0 Å². The summed E-state index contributed by atoms with van der Waals surface area (Å²) >= 11 is 0. The number of likely N-dealkylation sites (N-methyl/N-ethyl adjacent to an activating group) is 2. The van der Waals surface area contributed by atoms with Crippen LogP contribution in [0.15, 0.2) is 24.3 Å². The maximum atomic E-state index is 13.1. The van der Waals surface area contributed by atoms with E-state index >= 15 is 0 Å². The van der Waals surface area contributed by atoms with E-state index in [1.54, 1.807) is 31.1 Å². The third-order valence-electron chi connectivity index (χ3n) is 2.66. The van der Waals surface area contributed by atoms with Gasteiger partial charge in [0.25, 0.3) is 0 Å². The molecule has 1 amide bonds. The minimum absolute atomic E-state index is 0.0950. The second kappa shape index (κ2) is 6.32. The molecule has 1 aromatic carbocycles. The third-order valence-corrected chi connectivity index (χ3v) is 2.66. The Labute approximate surface area is 101 Å². The molecule has 5 heteroatoms. The summed E-state index contributed by atoms with van der Waals surface area (Å²) in [5.41, 5.74) is 6.45. The zero-order valence-corrected chi connectivity index (χ0v) is 10.1. The maximum absolute atomic E-state index is 13.1. The van der Waals surface area contributed by atoms with Crippen LogP contribution in [0, 0.1) is 5.82 Å². The highest BCUT2D eigenvalue weighted by Gasteiger charge is 2.17. The van der Waals surface area contributed by atoms with E-state index in [-0.39, 0.29) is 24.3 Å². The summed E-state index contributed by atoms with van der Waals surface area (Å²) in [6, 6.07) is 6.11. The normalized spacial score (nSPS) is 12.5. The van der Waals surface area contributed by atoms with Gasteiger partial charge in [-0.2, -0.15) is 0 Å². The fraction of sp³-hybridized carbons (Fsp3) is 0.417. The molecule has 4 nitrogen and oxygen atoms in total. The molecular formula is C12H18FN3O. The van der Waals surface area contributed by atoms with Gasteiger partial charge in [-0.1, -0.05) is 12.1 Å². The average molecular weight is 239 g/mol. The van der Waals surface area contributed by atoms with Crippen LogP contribution in [0.25, 0.3) is 0 Å². The largest absolute Gasteiger partial charge is 0.358 e. The van der Waals surface area contributed by atoms with E-state index in [1.165, 1.54) is 12.1 Å². The van der Waals surface area contributed by atoms with Gasteiger partial charge in [-0.15, -0.1) is 0 Å². The minimum Gasteiger partial charge on any atom is -0.358 e. The molecule has 0 aliphatic rings. The molecule has 17 heavy (non-hydrogen) atoms. The Morgan fingerprint density at radius 1 is 1.59 bits per heavy atom. The molecule has 0 heterocycles. The lowest BCUT2D eigenvalue weighted by molar-refractivity contribution is -0.121. The van der Waals surface area contributed by atoms with Gasteiger partial charge in [-0.3, -0.25) is 9.69 Å². The number of nitrogens with zero attached hydrogens (tertiary/aromatic N) is 1. The summed E-state index contributed by atoms with van der Waals surface area (Å²) < 4.78 is 13.1. The van der Waals surface area contributed by atoms with Crippen molar-refractivity contribution in [2.24, 2.45) is 5.73 Å². The van der Waals surface area contributed by atoms with E-state index in [0.717, 1.165) is 5.56 Å². The smallest absolute Gasteiger partial charge is 0.233 e. The van der Waals surface area contributed by atoms with Crippen LogP contribution in [0.5, 0.6) is 0 Å². The molecule has 1 unspecified atom stereocenters. The van der Waals surface area contributed by atoms with Crippen molar-refractivity contribution in [3.63, 3.8) is 0 Å². The van der Waals surface area contributed by atoms with Crippen LogP contribution in [0.1, 0.15) is 11.6 Å². The van der Waals surface area contributed by atoms with Crippen molar-refractivity contribution in [2.75, 3.05) is 27.2 Å². The first-order valence-corrected chi connectivity index (χ1v) is 5.44. The second-order valence-corrected chi connectivity index (χ2v) is 3.89. The quantitative estimate of drug-likeness (QED) is 0.787. The second-order valence-electron chi connectivity index (χ2n) is 3.89. The molecule has 1 atom stereocenters. The van der Waals surface area contributed by atoms with Crippen LogP contribution in [0.3, 0.4) is 0 Å². The van der Waals surface area contributed by atoms with Crippen molar-refractivity contribution >= 4 is 5.91 Å². The van der Waals surface area contributed by atoms with Crippen molar-refractivity contribution in [2.45, 2.75) is 6.04 Å². The van der Waals surface area contributed by atoms with Gasteiger partial charge in [0.1, 0.15) is 5.82 Å². The molecule has 0 fully saturated rings. The Morgan fingerprint density at radius 2 is 2.29 bits per heavy atom. The van der Waals surface area contributed by atoms with Gasteiger partial charge in [0.05, 0.1) is 6.54 Å². The first kappa shape index (κ1) is 13.6. The number of rotatable bonds is 5. The van der Waals surface area contributed by atoms with Gasteiger partial charge in [0.2, 0.25) is 5.91 Å². The number of halogens is 1. The summed E-state index contributed by atoms with van der Waals surface area (Å²) in [6.45, 7) is 0.561. The van der Waals surface area contributed by atoms with Gasteiger partial charge in [-0.25, -0.2) is 4.39 Å². The Balaban J connectivity index is 2.80. The fourth-order valence-corrected chi connectivity index (χ4v) is 1.70. The molecule has 3 N–H and O–H groups in total. The average Bonchev–Trinajstić information content (AvgIpc) is 2.30. The lowest BCUT2D eigenvalue weighted by Crippen LogP contribution is -2.38. The van der Waals surface area contributed by atoms with Crippen molar-refractivity contribution in [3.8, 4) is 0 Å². The summed E-state index contributed by atoms with van der Waals surface area (Å²) in [5.74, 6) is -0.392. The Bertz CT molecular complexity index is 384. The van der Waals surface area contributed by atoms with Gasteiger partial charge < -0.3 is 11.1 Å². The van der Waals surface area contributed by atoms with E-state index in [2.05, 4.69) is 5.32 Å². The molecule has 0 spiro atoms. The standard InChI is InChI=1S/C12H18FN3O/c1-15-12(17)8-16(2)11(7-14)9-4-3-5-10(13)6-9/h3-6,11H,7-8,14H2,1-2H3,(H,15,17). The predicted molar refractivity (Wildman–Crippen MR) is 64.9 cm³/mol. The van der Waals surface area contributed by atoms with Crippen molar-refractivity contribution < 1.29 is 9.18 Å². The number of amides is 1. The van der Waals surface area contributed by atoms with E-state index in [1.807, 2.05) is 0 Å². The van der Waals surface area contributed by atoms with E-state index in [0.29, 0.717) is 6.54 Å². The van der Waals surface area contributed by atoms with Crippen molar-refractivity contribution in [1.82, 2.24) is 10.2 Å². The van der Waals surface area contributed by atoms with Crippen LogP contribution in [0.2, 0.25) is 0 Å². The SMILES string of the molecule is CNC(=O)CN(C)C(CN)c1cccc(F)c1. The molecule has 0 saturated heterocycles. The van der Waals surface area contributed by atoms with Crippen molar-refractivity contribution in [3.05, 3.63) is 35.6 Å². The zero-order valence-electron chi connectivity index (χ0n) is 10.1. The van der Waals surface area contributed by atoms with E-state index in [4.69, 9.17) is 5.73 Å². The topological polar surface area (TPSA) is 58.4 Å². The van der Waals surface area contributed by atoms with Crippen molar-refractivity contribution in [1.29, 1.82) is 0 Å². The fourth-order valence-electron chi connectivity index (χ4n) is 1.70. The molecule has 0 saturated carbocycles. The molecule has 0 aliphatic heterocycles. The highest BCUT2D eigenvalue weighted by Crippen LogP contribution is 2.18. The highest BCUT2D eigenvalue weighted by molar-refractivity contribution is 5.77. The lowest BCUT2D eigenvalue weighted by Gasteiger charge is -2.26. The van der Waals surface area contributed by atoms with Crippen LogP contribution >= 0.6 is 0 Å². The van der Waals surface area contributed by atoms with Gasteiger partial charge in [0, 0.05) is 19.6 Å². The molecule has 94 valence electrons. The Hall–Kier alpha value is -1.46. The maximum Gasteiger partial charge on any atom is 0.233 e. The molecule has 0 radical (unpaired) electrons. The molecule has 0 aromatic heterocycles. The Kier molecular flexibility index (Phi) is 5.06. The summed E-state index contributed by atoms with van der Waals surface area (Å²) in [5, 5.41) is 2.54. The van der Waals surface area contributed by atoms with Gasteiger partial charge >= 0.3 is 0 Å². The molecule has 0 aliphatic carbocycles. The van der Waals surface area contributed by atoms with Crippen LogP contribution < -0.4 is 11.1 Å². The van der Waals surface area contributed by atoms with E-state index in [9.17, 15) is 9.18 Å². The first-order chi connectivity index (χ1) is 8.08. The monoisotopic (exact) mass is 239 g/mol. The molecule has 1 aromatic rings. The number of nitrogens with two attached hydrogens (primary N) is 1.